The van der Waals surface area contributed by atoms with E-state index in [1.54, 1.807) is 38.1 Å². The van der Waals surface area contributed by atoms with Crippen LogP contribution in [-0.4, -0.2) is 36.5 Å². The Morgan fingerprint density at radius 3 is 2.21 bits per heavy atom. The molecule has 8 heteroatoms. The number of urea groups is 1. The second kappa shape index (κ2) is 8.66. The van der Waals surface area contributed by atoms with Gasteiger partial charge in [0.25, 0.3) is 11.8 Å². The lowest BCUT2D eigenvalue weighted by Crippen LogP contribution is -2.46. The molecule has 0 aliphatic heterocycles. The highest BCUT2D eigenvalue weighted by Crippen LogP contribution is 2.07. The SMILES string of the molecule is Cc1ccc(C(=O)NCC(=O)OC(C(=O)NC(N)=O)C(C)C)cc1. The maximum Gasteiger partial charge on any atom is 0.326 e. The first-order valence-electron chi connectivity index (χ1n) is 7.35. The van der Waals surface area contributed by atoms with Gasteiger partial charge in [-0.1, -0.05) is 31.5 Å². The summed E-state index contributed by atoms with van der Waals surface area (Å²) < 4.78 is 5.01. The smallest absolute Gasteiger partial charge is 0.326 e. The molecular formula is C16H21N3O5. The van der Waals surface area contributed by atoms with E-state index >= 15 is 0 Å². The van der Waals surface area contributed by atoms with Crippen molar-refractivity contribution in [2.75, 3.05) is 6.54 Å². The Labute approximate surface area is 139 Å². The van der Waals surface area contributed by atoms with Crippen LogP contribution in [0.25, 0.3) is 0 Å². The van der Waals surface area contributed by atoms with E-state index in [9.17, 15) is 19.2 Å². The fourth-order valence-corrected chi connectivity index (χ4v) is 1.83. The highest BCUT2D eigenvalue weighted by atomic mass is 16.5. The van der Waals surface area contributed by atoms with Crippen molar-refractivity contribution in [1.29, 1.82) is 0 Å². The monoisotopic (exact) mass is 335 g/mol. The molecule has 0 aliphatic carbocycles. The number of esters is 1. The van der Waals surface area contributed by atoms with Crippen LogP contribution in [0, 0.1) is 12.8 Å². The number of benzene rings is 1. The van der Waals surface area contributed by atoms with Gasteiger partial charge in [0, 0.05) is 5.56 Å². The molecule has 0 spiro atoms. The minimum absolute atomic E-state index is 0.374. The second-order valence-electron chi connectivity index (χ2n) is 5.56. The van der Waals surface area contributed by atoms with Crippen LogP contribution in [0.1, 0.15) is 29.8 Å². The van der Waals surface area contributed by atoms with Gasteiger partial charge < -0.3 is 15.8 Å². The van der Waals surface area contributed by atoms with E-state index < -0.39 is 36.5 Å². The lowest BCUT2D eigenvalue weighted by Gasteiger charge is -2.19. The van der Waals surface area contributed by atoms with Gasteiger partial charge in [-0.25, -0.2) is 4.79 Å². The second-order valence-corrected chi connectivity index (χ2v) is 5.56. The first-order valence-corrected chi connectivity index (χ1v) is 7.35. The Kier molecular flexibility index (Phi) is 6.91. The average molecular weight is 335 g/mol. The summed E-state index contributed by atoms with van der Waals surface area (Å²) in [7, 11) is 0. The highest BCUT2D eigenvalue weighted by molar-refractivity contribution is 5.98. The number of imide groups is 1. The van der Waals surface area contributed by atoms with Crippen molar-refractivity contribution >= 4 is 23.8 Å². The van der Waals surface area contributed by atoms with Crippen LogP contribution in [0.2, 0.25) is 0 Å². The molecule has 0 heterocycles. The Morgan fingerprint density at radius 2 is 1.71 bits per heavy atom. The topological polar surface area (TPSA) is 128 Å². The molecule has 0 fully saturated rings. The Bertz CT molecular complexity index is 625. The normalized spacial score (nSPS) is 11.5. The molecule has 4 N–H and O–H groups in total. The number of hydrogen-bond donors (Lipinski definition) is 3. The summed E-state index contributed by atoms with van der Waals surface area (Å²) in [5.74, 6) is -2.42. The lowest BCUT2D eigenvalue weighted by molar-refractivity contribution is -0.157. The molecular weight excluding hydrogens is 314 g/mol. The van der Waals surface area contributed by atoms with Crippen LogP contribution in [0.5, 0.6) is 0 Å². The molecule has 4 amide bonds. The summed E-state index contributed by atoms with van der Waals surface area (Å²) in [6, 6.07) is 5.78. The quantitative estimate of drug-likeness (QED) is 0.652. The van der Waals surface area contributed by atoms with E-state index in [4.69, 9.17) is 10.5 Å². The number of aryl methyl sites for hydroxylation is 1. The number of ether oxygens (including phenoxy) is 1. The largest absolute Gasteiger partial charge is 0.451 e. The van der Waals surface area contributed by atoms with E-state index in [2.05, 4.69) is 5.32 Å². The number of hydrogen-bond acceptors (Lipinski definition) is 5. The van der Waals surface area contributed by atoms with Gasteiger partial charge in [-0.3, -0.25) is 19.7 Å². The third-order valence-electron chi connectivity index (χ3n) is 3.08. The number of carbonyl (C=O) groups is 4. The Morgan fingerprint density at radius 1 is 1.12 bits per heavy atom. The molecule has 0 bridgehead atoms. The van der Waals surface area contributed by atoms with Crippen LogP contribution in [0.15, 0.2) is 24.3 Å². The first-order chi connectivity index (χ1) is 11.2. The number of nitrogens with two attached hydrogens (primary N) is 1. The molecule has 1 unspecified atom stereocenters. The van der Waals surface area contributed by atoms with Crippen LogP contribution < -0.4 is 16.4 Å². The molecule has 0 saturated heterocycles. The summed E-state index contributed by atoms with van der Waals surface area (Å²) in [5, 5.41) is 4.27. The van der Waals surface area contributed by atoms with Crippen molar-refractivity contribution in [3.63, 3.8) is 0 Å². The average Bonchev–Trinajstić information content (AvgIpc) is 2.49. The zero-order valence-electron chi connectivity index (χ0n) is 13.8. The van der Waals surface area contributed by atoms with Crippen LogP contribution in [0.4, 0.5) is 4.79 Å². The maximum absolute atomic E-state index is 11.9. The van der Waals surface area contributed by atoms with E-state index in [0.29, 0.717) is 5.56 Å². The summed E-state index contributed by atoms with van der Waals surface area (Å²) in [6.07, 6.45) is -1.18. The number of carbonyl (C=O) groups excluding carboxylic acids is 4. The molecule has 1 aromatic carbocycles. The number of rotatable bonds is 6. The Hall–Kier alpha value is -2.90. The molecule has 1 rings (SSSR count). The third-order valence-corrected chi connectivity index (χ3v) is 3.08. The van der Waals surface area contributed by atoms with Crippen LogP contribution in [0.3, 0.4) is 0 Å². The molecule has 130 valence electrons. The molecule has 8 nitrogen and oxygen atoms in total. The van der Waals surface area contributed by atoms with Gasteiger partial charge in [-0.15, -0.1) is 0 Å². The van der Waals surface area contributed by atoms with Crippen molar-refractivity contribution < 1.29 is 23.9 Å². The molecule has 0 aliphatic rings. The van der Waals surface area contributed by atoms with E-state index in [1.165, 1.54) is 0 Å². The Balaban J connectivity index is 2.56. The standard InChI is InChI=1S/C16H21N3O5/c1-9(2)13(15(22)19-16(17)23)24-12(20)8-18-14(21)11-6-4-10(3)5-7-11/h4-7,9,13H,8H2,1-3H3,(H,18,21)(H3,17,19,22,23). The zero-order valence-corrected chi connectivity index (χ0v) is 13.8. The van der Waals surface area contributed by atoms with E-state index in [-0.39, 0.29) is 5.92 Å². The molecule has 1 aromatic rings. The highest BCUT2D eigenvalue weighted by Gasteiger charge is 2.27. The third kappa shape index (κ3) is 6.07. The number of amides is 4. The van der Waals surface area contributed by atoms with Gasteiger partial charge in [0.1, 0.15) is 6.54 Å². The van der Waals surface area contributed by atoms with Crippen molar-refractivity contribution in [2.24, 2.45) is 11.7 Å². The molecule has 0 radical (unpaired) electrons. The van der Waals surface area contributed by atoms with Crippen molar-refractivity contribution in [3.05, 3.63) is 35.4 Å². The lowest BCUT2D eigenvalue weighted by atomic mass is 10.1. The minimum atomic E-state index is -1.18. The van der Waals surface area contributed by atoms with Gasteiger partial charge in [0.15, 0.2) is 6.10 Å². The zero-order chi connectivity index (χ0) is 18.3. The summed E-state index contributed by atoms with van der Waals surface area (Å²) in [4.78, 5) is 46.2. The number of nitrogens with one attached hydrogen (secondary N) is 2. The first kappa shape index (κ1) is 19.1. The van der Waals surface area contributed by atoms with E-state index in [1.807, 2.05) is 12.2 Å². The van der Waals surface area contributed by atoms with Gasteiger partial charge >= 0.3 is 12.0 Å². The minimum Gasteiger partial charge on any atom is -0.451 e. The molecule has 1 atom stereocenters. The predicted molar refractivity (Wildman–Crippen MR) is 86.0 cm³/mol. The van der Waals surface area contributed by atoms with Crippen molar-refractivity contribution in [3.8, 4) is 0 Å². The van der Waals surface area contributed by atoms with Crippen LogP contribution >= 0.6 is 0 Å². The predicted octanol–water partition coefficient (Wildman–Crippen LogP) is 0.488. The van der Waals surface area contributed by atoms with Crippen molar-refractivity contribution in [1.82, 2.24) is 10.6 Å². The molecule has 0 aromatic heterocycles. The van der Waals surface area contributed by atoms with Gasteiger partial charge in [-0.05, 0) is 25.0 Å². The molecule has 24 heavy (non-hydrogen) atoms. The van der Waals surface area contributed by atoms with Crippen molar-refractivity contribution in [2.45, 2.75) is 26.9 Å². The summed E-state index contributed by atoms with van der Waals surface area (Å²) in [6.45, 7) is 4.77. The fourth-order valence-electron chi connectivity index (χ4n) is 1.83. The summed E-state index contributed by atoms with van der Waals surface area (Å²) in [5.41, 5.74) is 6.28. The van der Waals surface area contributed by atoms with Gasteiger partial charge in [0.05, 0.1) is 0 Å². The van der Waals surface area contributed by atoms with Gasteiger partial charge in [0.2, 0.25) is 0 Å². The molecule has 0 saturated carbocycles. The van der Waals surface area contributed by atoms with E-state index in [0.717, 1.165) is 5.56 Å². The fraction of sp³-hybridized carbons (Fsp3) is 0.375. The van der Waals surface area contributed by atoms with Crippen LogP contribution in [-0.2, 0) is 14.3 Å². The maximum atomic E-state index is 11.9. The number of primary amides is 1. The summed E-state index contributed by atoms with van der Waals surface area (Å²) >= 11 is 0. The van der Waals surface area contributed by atoms with Gasteiger partial charge in [-0.2, -0.15) is 0 Å².